The summed E-state index contributed by atoms with van der Waals surface area (Å²) in [5, 5.41) is 4.08. The highest BCUT2D eigenvalue weighted by atomic mass is 32.1. The fourth-order valence-electron chi connectivity index (χ4n) is 2.74. The molecule has 0 radical (unpaired) electrons. The molecule has 0 aliphatic carbocycles. The fourth-order valence-corrected chi connectivity index (χ4v) is 3.82. The minimum atomic E-state index is -0.0796. The second kappa shape index (κ2) is 7.19. The zero-order valence-electron chi connectivity index (χ0n) is 15.0. The molecule has 1 amide bonds. The molecule has 1 aromatic heterocycles. The fraction of sp³-hybridized carbons (Fsp3) is 0.238. The summed E-state index contributed by atoms with van der Waals surface area (Å²) in [7, 11) is 0. The van der Waals surface area contributed by atoms with Gasteiger partial charge in [-0.05, 0) is 51.0 Å². The lowest BCUT2D eigenvalue weighted by Crippen LogP contribution is -2.26. The van der Waals surface area contributed by atoms with Gasteiger partial charge in [-0.1, -0.05) is 36.4 Å². The summed E-state index contributed by atoms with van der Waals surface area (Å²) in [6, 6.07) is 15.8. The van der Waals surface area contributed by atoms with Crippen molar-refractivity contribution in [3.8, 4) is 10.6 Å². The molecule has 1 atom stereocenters. The Morgan fingerprint density at radius 1 is 1.04 bits per heavy atom. The van der Waals surface area contributed by atoms with Gasteiger partial charge in [-0.3, -0.25) is 4.79 Å². The number of rotatable bonds is 4. The molecule has 3 rings (SSSR count). The van der Waals surface area contributed by atoms with Crippen LogP contribution < -0.4 is 5.32 Å². The number of nitrogens with zero attached hydrogens (tertiary/aromatic N) is 1. The van der Waals surface area contributed by atoms with Crippen molar-refractivity contribution in [1.29, 1.82) is 0 Å². The third-order valence-electron chi connectivity index (χ3n) is 4.36. The monoisotopic (exact) mass is 350 g/mol. The maximum atomic E-state index is 12.6. The molecule has 25 heavy (non-hydrogen) atoms. The average molecular weight is 350 g/mol. The normalized spacial score (nSPS) is 12.0. The summed E-state index contributed by atoms with van der Waals surface area (Å²) in [5.74, 6) is -0.0512. The lowest BCUT2D eigenvalue weighted by Gasteiger charge is -2.13. The molecule has 0 fully saturated rings. The molecule has 0 saturated heterocycles. The lowest BCUT2D eigenvalue weighted by molar-refractivity contribution is 0.0940. The van der Waals surface area contributed by atoms with E-state index in [-0.39, 0.29) is 11.9 Å². The van der Waals surface area contributed by atoms with Crippen LogP contribution in [0, 0.1) is 20.8 Å². The topological polar surface area (TPSA) is 42.0 Å². The molecule has 2 aromatic carbocycles. The third kappa shape index (κ3) is 3.80. The molecule has 1 unspecified atom stereocenters. The van der Waals surface area contributed by atoms with Gasteiger partial charge in [0.05, 0.1) is 16.6 Å². The van der Waals surface area contributed by atoms with E-state index >= 15 is 0 Å². The van der Waals surface area contributed by atoms with Crippen molar-refractivity contribution in [2.24, 2.45) is 0 Å². The maximum absolute atomic E-state index is 12.6. The molecule has 4 heteroatoms. The van der Waals surface area contributed by atoms with Crippen molar-refractivity contribution in [2.45, 2.75) is 33.7 Å². The van der Waals surface area contributed by atoms with Crippen LogP contribution in [0.15, 0.2) is 48.5 Å². The Hall–Kier alpha value is -2.46. The van der Waals surface area contributed by atoms with Crippen LogP contribution in [-0.2, 0) is 0 Å². The van der Waals surface area contributed by atoms with Crippen LogP contribution in [0.4, 0.5) is 0 Å². The molecule has 0 spiro atoms. The quantitative estimate of drug-likeness (QED) is 0.700. The molecule has 0 aliphatic rings. The molecule has 0 bridgehead atoms. The summed E-state index contributed by atoms with van der Waals surface area (Å²) in [5.41, 5.74) is 5.09. The van der Waals surface area contributed by atoms with E-state index in [4.69, 9.17) is 0 Å². The van der Waals surface area contributed by atoms with Crippen molar-refractivity contribution < 1.29 is 4.79 Å². The van der Waals surface area contributed by atoms with Crippen LogP contribution in [0.3, 0.4) is 0 Å². The predicted octanol–water partition coefficient (Wildman–Crippen LogP) is 5.23. The highest BCUT2D eigenvalue weighted by molar-refractivity contribution is 7.15. The molecule has 3 nitrogen and oxygen atoms in total. The molecule has 1 N–H and O–H groups in total. The summed E-state index contributed by atoms with van der Waals surface area (Å²) in [6.45, 7) is 8.08. The van der Waals surface area contributed by atoms with Gasteiger partial charge in [0.2, 0.25) is 0 Å². The first kappa shape index (κ1) is 17.4. The van der Waals surface area contributed by atoms with E-state index < -0.39 is 0 Å². The van der Waals surface area contributed by atoms with E-state index in [0.29, 0.717) is 5.56 Å². The Morgan fingerprint density at radius 3 is 2.44 bits per heavy atom. The first-order chi connectivity index (χ1) is 12.0. The lowest BCUT2D eigenvalue weighted by atomic mass is 10.1. The SMILES string of the molecule is Cc1ccc(C(=O)NC(C)c2sc(-c3ccccc3)nc2C)cc1C. The molecule has 3 aromatic rings. The number of benzene rings is 2. The second-order valence-corrected chi connectivity index (χ2v) is 7.36. The van der Waals surface area contributed by atoms with Crippen LogP contribution in [0.25, 0.3) is 10.6 Å². The highest BCUT2D eigenvalue weighted by Crippen LogP contribution is 2.31. The Morgan fingerprint density at radius 2 is 1.76 bits per heavy atom. The van der Waals surface area contributed by atoms with Crippen molar-refractivity contribution in [2.75, 3.05) is 0 Å². The summed E-state index contributed by atoms with van der Waals surface area (Å²) >= 11 is 1.64. The minimum absolute atomic E-state index is 0.0512. The number of thiazole rings is 1. The smallest absolute Gasteiger partial charge is 0.251 e. The second-order valence-electron chi connectivity index (χ2n) is 6.33. The number of carbonyl (C=O) groups excluding carboxylic acids is 1. The largest absolute Gasteiger partial charge is 0.345 e. The van der Waals surface area contributed by atoms with Gasteiger partial charge in [0.1, 0.15) is 5.01 Å². The van der Waals surface area contributed by atoms with Crippen LogP contribution in [0.1, 0.15) is 45.0 Å². The Balaban J connectivity index is 1.79. The third-order valence-corrected chi connectivity index (χ3v) is 5.75. The molecule has 128 valence electrons. The Bertz CT molecular complexity index is 900. The minimum Gasteiger partial charge on any atom is -0.345 e. The Labute approximate surface area is 152 Å². The number of carbonyl (C=O) groups is 1. The van der Waals surface area contributed by atoms with E-state index in [1.165, 1.54) is 5.56 Å². The van der Waals surface area contributed by atoms with Crippen LogP contribution in [0.2, 0.25) is 0 Å². The van der Waals surface area contributed by atoms with E-state index in [0.717, 1.165) is 26.7 Å². The number of hydrogen-bond acceptors (Lipinski definition) is 3. The summed E-state index contributed by atoms with van der Waals surface area (Å²) in [4.78, 5) is 18.3. The van der Waals surface area contributed by atoms with Crippen molar-refractivity contribution in [3.63, 3.8) is 0 Å². The average Bonchev–Trinajstić information content (AvgIpc) is 3.00. The van der Waals surface area contributed by atoms with E-state index in [1.807, 2.05) is 64.1 Å². The van der Waals surface area contributed by atoms with Gasteiger partial charge in [-0.2, -0.15) is 0 Å². The summed E-state index contributed by atoms with van der Waals surface area (Å²) in [6.07, 6.45) is 0. The molecular formula is C21H22N2OS. The van der Waals surface area contributed by atoms with E-state index in [9.17, 15) is 4.79 Å². The first-order valence-corrected chi connectivity index (χ1v) is 9.18. The zero-order chi connectivity index (χ0) is 18.0. The molecule has 1 heterocycles. The number of amides is 1. The van der Waals surface area contributed by atoms with Gasteiger partial charge in [0, 0.05) is 11.1 Å². The van der Waals surface area contributed by atoms with Gasteiger partial charge < -0.3 is 5.32 Å². The van der Waals surface area contributed by atoms with Crippen LogP contribution in [0.5, 0.6) is 0 Å². The first-order valence-electron chi connectivity index (χ1n) is 8.36. The van der Waals surface area contributed by atoms with Gasteiger partial charge in [-0.25, -0.2) is 4.98 Å². The van der Waals surface area contributed by atoms with Crippen LogP contribution in [-0.4, -0.2) is 10.9 Å². The van der Waals surface area contributed by atoms with Gasteiger partial charge in [0.25, 0.3) is 5.91 Å². The highest BCUT2D eigenvalue weighted by Gasteiger charge is 2.18. The van der Waals surface area contributed by atoms with E-state index in [1.54, 1.807) is 11.3 Å². The molecular weight excluding hydrogens is 328 g/mol. The van der Waals surface area contributed by atoms with Crippen LogP contribution >= 0.6 is 11.3 Å². The van der Waals surface area contributed by atoms with Crippen molar-refractivity contribution in [3.05, 3.63) is 75.8 Å². The number of aryl methyl sites for hydroxylation is 3. The number of hydrogen-bond donors (Lipinski definition) is 1. The van der Waals surface area contributed by atoms with E-state index in [2.05, 4.69) is 22.4 Å². The van der Waals surface area contributed by atoms with Gasteiger partial charge >= 0.3 is 0 Å². The molecule has 0 aliphatic heterocycles. The van der Waals surface area contributed by atoms with Gasteiger partial charge in [0.15, 0.2) is 0 Å². The standard InChI is InChI=1S/C21H22N2OS/c1-13-10-11-18(12-14(13)2)20(24)22-15(3)19-16(4)23-21(25-19)17-8-6-5-7-9-17/h5-12,15H,1-4H3,(H,22,24). The Kier molecular flexibility index (Phi) is 5.00. The number of nitrogens with one attached hydrogen (secondary N) is 1. The maximum Gasteiger partial charge on any atom is 0.251 e. The van der Waals surface area contributed by atoms with Crippen molar-refractivity contribution >= 4 is 17.2 Å². The predicted molar refractivity (Wildman–Crippen MR) is 104 cm³/mol. The van der Waals surface area contributed by atoms with Crippen molar-refractivity contribution in [1.82, 2.24) is 10.3 Å². The summed E-state index contributed by atoms with van der Waals surface area (Å²) < 4.78 is 0. The number of aromatic nitrogens is 1. The van der Waals surface area contributed by atoms with Gasteiger partial charge in [-0.15, -0.1) is 11.3 Å². The molecule has 0 saturated carbocycles. The zero-order valence-corrected chi connectivity index (χ0v) is 15.8.